The SMILES string of the molecule is Fc1ccc(CN2CCN(c3cccc4c3ncc3cc(Cl)cn34)CC2)cc1. The van der Waals surface area contributed by atoms with Crippen LogP contribution in [0.2, 0.25) is 5.02 Å². The third-order valence-corrected chi connectivity index (χ3v) is 5.63. The van der Waals surface area contributed by atoms with Gasteiger partial charge >= 0.3 is 0 Å². The number of piperazine rings is 1. The zero-order valence-electron chi connectivity index (χ0n) is 15.4. The van der Waals surface area contributed by atoms with E-state index < -0.39 is 0 Å². The highest BCUT2D eigenvalue weighted by Crippen LogP contribution is 2.28. The maximum absolute atomic E-state index is 13.1. The first kappa shape index (κ1) is 17.5. The van der Waals surface area contributed by atoms with Gasteiger partial charge in [-0.1, -0.05) is 29.8 Å². The first-order valence-corrected chi connectivity index (χ1v) is 9.82. The molecule has 3 heterocycles. The molecule has 142 valence electrons. The summed E-state index contributed by atoms with van der Waals surface area (Å²) in [5.74, 6) is -0.185. The molecule has 0 amide bonds. The Morgan fingerprint density at radius 1 is 1.00 bits per heavy atom. The molecule has 0 atom stereocenters. The van der Waals surface area contributed by atoms with Crippen LogP contribution in [0.15, 0.2) is 60.9 Å². The van der Waals surface area contributed by atoms with E-state index in [0.717, 1.165) is 60.5 Å². The third kappa shape index (κ3) is 3.21. The lowest BCUT2D eigenvalue weighted by atomic mass is 10.1. The number of hydrogen-bond donors (Lipinski definition) is 0. The normalized spacial score (nSPS) is 15.6. The topological polar surface area (TPSA) is 23.8 Å². The number of aromatic nitrogens is 2. The monoisotopic (exact) mass is 394 g/mol. The van der Waals surface area contributed by atoms with Crippen LogP contribution in [-0.2, 0) is 6.54 Å². The van der Waals surface area contributed by atoms with E-state index in [4.69, 9.17) is 16.6 Å². The van der Waals surface area contributed by atoms with Crippen molar-refractivity contribution >= 4 is 33.8 Å². The van der Waals surface area contributed by atoms with Gasteiger partial charge < -0.3 is 9.30 Å². The molecule has 0 N–H and O–H groups in total. The molecule has 0 radical (unpaired) electrons. The van der Waals surface area contributed by atoms with Crippen LogP contribution in [0.5, 0.6) is 0 Å². The number of rotatable bonds is 3. The van der Waals surface area contributed by atoms with Gasteiger partial charge in [-0.2, -0.15) is 0 Å². The van der Waals surface area contributed by atoms with Crippen LogP contribution in [0.25, 0.3) is 16.6 Å². The molecule has 1 fully saturated rings. The molecule has 6 heteroatoms. The Kier molecular flexibility index (Phi) is 4.41. The van der Waals surface area contributed by atoms with Crippen LogP contribution in [0, 0.1) is 5.82 Å². The van der Waals surface area contributed by atoms with Crippen molar-refractivity contribution in [2.45, 2.75) is 6.54 Å². The van der Waals surface area contributed by atoms with Crippen molar-refractivity contribution in [1.29, 1.82) is 0 Å². The van der Waals surface area contributed by atoms with Crippen LogP contribution < -0.4 is 4.90 Å². The molecule has 1 aliphatic heterocycles. The van der Waals surface area contributed by atoms with Gasteiger partial charge in [0.25, 0.3) is 0 Å². The molecular weight excluding hydrogens is 375 g/mol. The second kappa shape index (κ2) is 7.08. The van der Waals surface area contributed by atoms with Crippen LogP contribution in [-0.4, -0.2) is 40.5 Å². The molecular formula is C22H20ClFN4. The lowest BCUT2D eigenvalue weighted by Gasteiger charge is -2.36. The second-order valence-corrected chi connectivity index (χ2v) is 7.68. The zero-order chi connectivity index (χ0) is 19.1. The van der Waals surface area contributed by atoms with Crippen LogP contribution in [0.1, 0.15) is 5.56 Å². The van der Waals surface area contributed by atoms with Crippen LogP contribution >= 0.6 is 11.6 Å². The molecule has 1 saturated heterocycles. The van der Waals surface area contributed by atoms with Crippen molar-refractivity contribution in [2.75, 3.05) is 31.1 Å². The molecule has 1 aliphatic rings. The van der Waals surface area contributed by atoms with E-state index in [2.05, 4.69) is 32.4 Å². The van der Waals surface area contributed by atoms with E-state index in [1.54, 1.807) is 0 Å². The van der Waals surface area contributed by atoms with Crippen molar-refractivity contribution in [1.82, 2.24) is 14.3 Å². The Bertz CT molecular complexity index is 1130. The highest BCUT2D eigenvalue weighted by atomic mass is 35.5. The van der Waals surface area contributed by atoms with Gasteiger partial charge in [0.05, 0.1) is 27.9 Å². The minimum Gasteiger partial charge on any atom is -0.367 e. The summed E-state index contributed by atoms with van der Waals surface area (Å²) in [6.45, 7) is 4.65. The van der Waals surface area contributed by atoms with E-state index in [1.807, 2.05) is 30.6 Å². The first-order chi connectivity index (χ1) is 13.7. The van der Waals surface area contributed by atoms with Gasteiger partial charge in [0, 0.05) is 38.9 Å². The first-order valence-electron chi connectivity index (χ1n) is 9.44. The molecule has 0 spiro atoms. The summed E-state index contributed by atoms with van der Waals surface area (Å²) in [4.78, 5) is 9.53. The fourth-order valence-corrected chi connectivity index (χ4v) is 4.19. The van der Waals surface area contributed by atoms with Crippen molar-refractivity contribution < 1.29 is 4.39 Å². The standard InChI is InChI=1S/C22H20ClFN4/c23-17-12-19-13-25-22-20(2-1-3-21(22)28(19)15-17)27-10-8-26(9-11-27)14-16-4-6-18(24)7-5-16/h1-7,12-13,15H,8-11,14H2. The van der Waals surface area contributed by atoms with Gasteiger partial charge in [0.2, 0.25) is 0 Å². The molecule has 4 aromatic rings. The van der Waals surface area contributed by atoms with Crippen molar-refractivity contribution in [3.63, 3.8) is 0 Å². The lowest BCUT2D eigenvalue weighted by molar-refractivity contribution is 0.250. The average Bonchev–Trinajstić information content (AvgIpc) is 3.11. The molecule has 2 aromatic carbocycles. The average molecular weight is 395 g/mol. The van der Waals surface area contributed by atoms with Gasteiger partial charge in [-0.15, -0.1) is 0 Å². The van der Waals surface area contributed by atoms with E-state index in [1.165, 1.54) is 12.1 Å². The van der Waals surface area contributed by atoms with Gasteiger partial charge in [-0.05, 0) is 35.9 Å². The molecule has 0 saturated carbocycles. The minimum absolute atomic E-state index is 0.185. The number of halogens is 2. The summed E-state index contributed by atoms with van der Waals surface area (Å²) in [5.41, 5.74) is 5.36. The molecule has 0 bridgehead atoms. The summed E-state index contributed by atoms with van der Waals surface area (Å²) in [7, 11) is 0. The number of anilines is 1. The van der Waals surface area contributed by atoms with Gasteiger partial charge in [0.15, 0.2) is 0 Å². The number of para-hydroxylation sites is 1. The largest absolute Gasteiger partial charge is 0.367 e. The maximum Gasteiger partial charge on any atom is 0.123 e. The van der Waals surface area contributed by atoms with Crippen molar-refractivity contribution in [2.24, 2.45) is 0 Å². The van der Waals surface area contributed by atoms with E-state index >= 15 is 0 Å². The van der Waals surface area contributed by atoms with Crippen LogP contribution in [0.3, 0.4) is 0 Å². The lowest BCUT2D eigenvalue weighted by Crippen LogP contribution is -2.46. The molecule has 2 aromatic heterocycles. The van der Waals surface area contributed by atoms with Gasteiger partial charge in [0.1, 0.15) is 11.3 Å². The Hall–Kier alpha value is -2.63. The maximum atomic E-state index is 13.1. The highest BCUT2D eigenvalue weighted by Gasteiger charge is 2.20. The van der Waals surface area contributed by atoms with Crippen molar-refractivity contribution in [3.8, 4) is 0 Å². The molecule has 0 unspecified atom stereocenters. The third-order valence-electron chi connectivity index (χ3n) is 5.43. The number of benzene rings is 2. The van der Waals surface area contributed by atoms with Gasteiger partial charge in [-0.3, -0.25) is 9.88 Å². The summed E-state index contributed by atoms with van der Waals surface area (Å²) >= 11 is 6.18. The number of hydrogen-bond acceptors (Lipinski definition) is 3. The highest BCUT2D eigenvalue weighted by molar-refractivity contribution is 6.31. The predicted octanol–water partition coefficient (Wildman–Crippen LogP) is 4.60. The fraction of sp³-hybridized carbons (Fsp3) is 0.227. The summed E-state index contributed by atoms with van der Waals surface area (Å²) in [6, 6.07) is 15.0. The summed E-state index contributed by atoms with van der Waals surface area (Å²) in [5, 5.41) is 0.717. The molecule has 0 aliphatic carbocycles. The minimum atomic E-state index is -0.185. The van der Waals surface area contributed by atoms with E-state index in [9.17, 15) is 4.39 Å². The molecule has 5 rings (SSSR count). The smallest absolute Gasteiger partial charge is 0.123 e. The Balaban J connectivity index is 1.36. The fourth-order valence-electron chi connectivity index (χ4n) is 3.98. The molecule has 4 nitrogen and oxygen atoms in total. The molecule has 28 heavy (non-hydrogen) atoms. The number of nitrogens with zero attached hydrogens (tertiary/aromatic N) is 4. The Labute approximate surface area is 167 Å². The zero-order valence-corrected chi connectivity index (χ0v) is 16.1. The van der Waals surface area contributed by atoms with E-state index in [-0.39, 0.29) is 5.82 Å². The van der Waals surface area contributed by atoms with Crippen molar-refractivity contribution in [3.05, 3.63) is 77.3 Å². The van der Waals surface area contributed by atoms with E-state index in [0.29, 0.717) is 5.02 Å². The quantitative estimate of drug-likeness (QED) is 0.507. The Morgan fingerprint density at radius 3 is 2.57 bits per heavy atom. The van der Waals surface area contributed by atoms with Gasteiger partial charge in [-0.25, -0.2) is 4.39 Å². The van der Waals surface area contributed by atoms with Crippen LogP contribution in [0.4, 0.5) is 10.1 Å². The number of fused-ring (bicyclic) bond motifs is 3. The predicted molar refractivity (Wildman–Crippen MR) is 112 cm³/mol. The summed E-state index contributed by atoms with van der Waals surface area (Å²) < 4.78 is 15.2. The summed E-state index contributed by atoms with van der Waals surface area (Å²) in [6.07, 6.45) is 3.81. The Morgan fingerprint density at radius 2 is 1.79 bits per heavy atom. The second-order valence-electron chi connectivity index (χ2n) is 7.25.